The van der Waals surface area contributed by atoms with Crippen molar-refractivity contribution in [1.29, 1.82) is 0 Å². The van der Waals surface area contributed by atoms with Crippen molar-refractivity contribution >= 4 is 17.4 Å². The molecule has 0 aliphatic carbocycles. The highest BCUT2D eigenvalue weighted by atomic mass is 35.5. The Bertz CT molecular complexity index is 407. The number of nitrogens with zero attached hydrogens (tertiary/aromatic N) is 3. The molecule has 1 aromatic heterocycles. The molecule has 0 spiro atoms. The summed E-state index contributed by atoms with van der Waals surface area (Å²) in [4.78, 5) is 8.53. The van der Waals surface area contributed by atoms with Gasteiger partial charge in [0.15, 0.2) is 0 Å². The number of hydrogen-bond donors (Lipinski definition) is 0. The van der Waals surface area contributed by atoms with Crippen LogP contribution in [0.2, 0.25) is 5.15 Å². The molecule has 102 valence electrons. The van der Waals surface area contributed by atoms with Gasteiger partial charge in [-0.2, -0.15) is 13.2 Å². The molecule has 0 saturated carbocycles. The first-order valence-corrected chi connectivity index (χ1v) is 6.02. The molecule has 1 rings (SSSR count). The zero-order valence-electron chi connectivity index (χ0n) is 10.4. The van der Waals surface area contributed by atoms with Crippen molar-refractivity contribution in [2.45, 2.75) is 39.4 Å². The molecule has 0 N–H and O–H groups in total. The van der Waals surface area contributed by atoms with Crippen LogP contribution in [0.25, 0.3) is 0 Å². The summed E-state index contributed by atoms with van der Waals surface area (Å²) in [6, 6.07) is 1.39. The number of halogens is 4. The Morgan fingerprint density at radius 1 is 1.33 bits per heavy atom. The molecule has 0 unspecified atom stereocenters. The standard InChI is InChI=1S/C11H15ClF3N3/c1-4-5-18(7(2)3)9-6-8(12)16-10(17-9)11(13,14)15/h6-7H,4-5H2,1-3H3. The maximum absolute atomic E-state index is 12.6. The Balaban J connectivity index is 3.19. The van der Waals surface area contributed by atoms with Crippen LogP contribution < -0.4 is 4.90 Å². The average molecular weight is 282 g/mol. The van der Waals surface area contributed by atoms with Gasteiger partial charge in [-0.3, -0.25) is 0 Å². The Morgan fingerprint density at radius 2 is 1.94 bits per heavy atom. The molecule has 0 aliphatic rings. The smallest absolute Gasteiger partial charge is 0.354 e. The zero-order valence-corrected chi connectivity index (χ0v) is 11.2. The fraction of sp³-hybridized carbons (Fsp3) is 0.636. The SMILES string of the molecule is CCCN(c1cc(Cl)nc(C(F)(F)F)n1)C(C)C. The second-order valence-corrected chi connectivity index (χ2v) is 4.54. The summed E-state index contributed by atoms with van der Waals surface area (Å²) >= 11 is 5.63. The van der Waals surface area contributed by atoms with E-state index >= 15 is 0 Å². The van der Waals surface area contributed by atoms with Gasteiger partial charge in [0, 0.05) is 18.7 Å². The first kappa shape index (κ1) is 15.0. The highest BCUT2D eigenvalue weighted by Crippen LogP contribution is 2.29. The maximum atomic E-state index is 12.6. The number of alkyl halides is 3. The van der Waals surface area contributed by atoms with Gasteiger partial charge >= 0.3 is 6.18 Å². The minimum absolute atomic E-state index is 0.0389. The first-order valence-electron chi connectivity index (χ1n) is 5.64. The van der Waals surface area contributed by atoms with Gasteiger partial charge in [-0.25, -0.2) is 9.97 Å². The summed E-state index contributed by atoms with van der Waals surface area (Å²) in [5.41, 5.74) is 0. The van der Waals surface area contributed by atoms with Gasteiger partial charge in [0.25, 0.3) is 0 Å². The van der Waals surface area contributed by atoms with E-state index in [9.17, 15) is 13.2 Å². The van der Waals surface area contributed by atoms with Gasteiger partial charge in [0.05, 0.1) is 0 Å². The molecule has 0 amide bonds. The summed E-state index contributed by atoms with van der Waals surface area (Å²) in [5.74, 6) is -0.995. The average Bonchev–Trinajstić information content (AvgIpc) is 2.23. The van der Waals surface area contributed by atoms with Gasteiger partial charge in [-0.15, -0.1) is 0 Å². The van der Waals surface area contributed by atoms with Crippen molar-refractivity contribution in [1.82, 2.24) is 9.97 Å². The van der Waals surface area contributed by atoms with Crippen LogP contribution in [-0.4, -0.2) is 22.6 Å². The minimum atomic E-state index is -4.59. The van der Waals surface area contributed by atoms with E-state index in [0.717, 1.165) is 6.42 Å². The van der Waals surface area contributed by atoms with Gasteiger partial charge in [-0.1, -0.05) is 18.5 Å². The van der Waals surface area contributed by atoms with E-state index in [4.69, 9.17) is 11.6 Å². The number of hydrogen-bond acceptors (Lipinski definition) is 3. The van der Waals surface area contributed by atoms with Crippen molar-refractivity contribution in [2.24, 2.45) is 0 Å². The van der Waals surface area contributed by atoms with Crippen LogP contribution in [0.15, 0.2) is 6.07 Å². The lowest BCUT2D eigenvalue weighted by atomic mass is 10.3. The predicted octanol–water partition coefficient (Wildman–Crippen LogP) is 3.77. The topological polar surface area (TPSA) is 29.0 Å². The monoisotopic (exact) mass is 281 g/mol. The van der Waals surface area contributed by atoms with E-state index < -0.39 is 12.0 Å². The lowest BCUT2D eigenvalue weighted by Crippen LogP contribution is -2.33. The second kappa shape index (κ2) is 5.73. The molecule has 0 aliphatic heterocycles. The molecule has 0 fully saturated rings. The van der Waals surface area contributed by atoms with Crippen molar-refractivity contribution in [3.8, 4) is 0 Å². The molecule has 0 saturated heterocycles. The van der Waals surface area contributed by atoms with Gasteiger partial charge < -0.3 is 4.90 Å². The molecule has 1 heterocycles. The summed E-state index contributed by atoms with van der Waals surface area (Å²) in [5, 5.41) is -0.200. The highest BCUT2D eigenvalue weighted by Gasteiger charge is 2.35. The fourth-order valence-electron chi connectivity index (χ4n) is 1.56. The van der Waals surface area contributed by atoms with E-state index in [-0.39, 0.29) is 17.0 Å². The molecule has 0 bridgehead atoms. The molecular weight excluding hydrogens is 267 g/mol. The molecule has 0 aromatic carbocycles. The van der Waals surface area contributed by atoms with Crippen LogP contribution in [0, 0.1) is 0 Å². The van der Waals surface area contributed by atoms with Crippen LogP contribution in [0.3, 0.4) is 0 Å². The number of anilines is 1. The third kappa shape index (κ3) is 3.73. The van der Waals surface area contributed by atoms with Crippen LogP contribution in [0.5, 0.6) is 0 Å². The lowest BCUT2D eigenvalue weighted by molar-refractivity contribution is -0.144. The third-order valence-corrected chi connectivity index (χ3v) is 2.51. The lowest BCUT2D eigenvalue weighted by Gasteiger charge is -2.27. The first-order chi connectivity index (χ1) is 8.25. The van der Waals surface area contributed by atoms with Crippen LogP contribution in [0.4, 0.5) is 19.0 Å². The molecule has 1 aromatic rings. The van der Waals surface area contributed by atoms with Crippen LogP contribution in [-0.2, 0) is 6.18 Å². The Kier molecular flexibility index (Phi) is 4.78. The largest absolute Gasteiger partial charge is 0.451 e. The summed E-state index contributed by atoms with van der Waals surface area (Å²) in [7, 11) is 0. The maximum Gasteiger partial charge on any atom is 0.451 e. The number of aromatic nitrogens is 2. The number of rotatable bonds is 4. The van der Waals surface area contributed by atoms with Gasteiger partial charge in [-0.05, 0) is 20.3 Å². The molecule has 0 radical (unpaired) electrons. The van der Waals surface area contributed by atoms with Crippen LogP contribution >= 0.6 is 11.6 Å². The van der Waals surface area contributed by atoms with E-state index in [1.165, 1.54) is 6.07 Å². The van der Waals surface area contributed by atoms with Gasteiger partial charge in [0.2, 0.25) is 5.82 Å². The summed E-state index contributed by atoms with van der Waals surface area (Å²) in [6.07, 6.45) is -3.78. The van der Waals surface area contributed by atoms with E-state index in [1.54, 1.807) is 4.90 Å². The van der Waals surface area contributed by atoms with E-state index in [0.29, 0.717) is 6.54 Å². The molecule has 7 heteroatoms. The third-order valence-electron chi connectivity index (χ3n) is 2.32. The Hall–Kier alpha value is -1.04. The fourth-order valence-corrected chi connectivity index (χ4v) is 1.74. The molecular formula is C11H15ClF3N3. The van der Waals surface area contributed by atoms with Crippen molar-refractivity contribution < 1.29 is 13.2 Å². The second-order valence-electron chi connectivity index (χ2n) is 4.16. The Morgan fingerprint density at radius 3 is 2.39 bits per heavy atom. The summed E-state index contributed by atoms with van der Waals surface area (Å²) in [6.45, 7) is 6.34. The Labute approximate surface area is 109 Å². The van der Waals surface area contributed by atoms with Gasteiger partial charge in [0.1, 0.15) is 11.0 Å². The molecule has 0 atom stereocenters. The normalized spacial score (nSPS) is 12.0. The van der Waals surface area contributed by atoms with Crippen LogP contribution in [0.1, 0.15) is 33.0 Å². The van der Waals surface area contributed by atoms with E-state index in [2.05, 4.69) is 9.97 Å². The predicted molar refractivity (Wildman–Crippen MR) is 64.8 cm³/mol. The van der Waals surface area contributed by atoms with E-state index in [1.807, 2.05) is 20.8 Å². The highest BCUT2D eigenvalue weighted by molar-refractivity contribution is 6.29. The van der Waals surface area contributed by atoms with Crippen molar-refractivity contribution in [3.63, 3.8) is 0 Å². The minimum Gasteiger partial charge on any atom is -0.354 e. The quantitative estimate of drug-likeness (QED) is 0.787. The summed E-state index contributed by atoms with van der Waals surface area (Å²) < 4.78 is 37.8. The molecule has 18 heavy (non-hydrogen) atoms. The zero-order chi connectivity index (χ0) is 13.9. The van der Waals surface area contributed by atoms with Crippen molar-refractivity contribution in [3.05, 3.63) is 17.0 Å². The molecule has 3 nitrogen and oxygen atoms in total. The van der Waals surface area contributed by atoms with Crippen molar-refractivity contribution in [2.75, 3.05) is 11.4 Å².